The lowest BCUT2D eigenvalue weighted by Gasteiger charge is -2.36. The average Bonchev–Trinajstić information content (AvgIpc) is 2.93. The van der Waals surface area contributed by atoms with Crippen molar-refractivity contribution in [2.24, 2.45) is 0 Å². The number of methoxy groups -OCH3 is 3. The van der Waals surface area contributed by atoms with E-state index in [9.17, 15) is 0 Å². The van der Waals surface area contributed by atoms with Crippen LogP contribution in [-0.2, 0) is 13.0 Å². The van der Waals surface area contributed by atoms with Crippen molar-refractivity contribution in [3.05, 3.63) is 41.0 Å². The molecule has 2 aromatic rings. The van der Waals surface area contributed by atoms with Crippen LogP contribution in [0.25, 0.3) is 0 Å². The van der Waals surface area contributed by atoms with Crippen LogP contribution in [0.15, 0.2) is 18.3 Å². The summed E-state index contributed by atoms with van der Waals surface area (Å²) in [4.78, 5) is 11.7. The first-order valence-corrected chi connectivity index (χ1v) is 9.01. The Kier molecular flexibility index (Phi) is 4.44. The van der Waals surface area contributed by atoms with Crippen LogP contribution < -0.4 is 14.2 Å². The molecule has 1 saturated heterocycles. The van der Waals surface area contributed by atoms with Crippen LogP contribution in [0.1, 0.15) is 41.5 Å². The van der Waals surface area contributed by atoms with E-state index in [1.54, 1.807) is 21.3 Å². The smallest absolute Gasteiger partial charge is 0.164 e. The number of rotatable bonds is 5. The Labute approximate surface area is 154 Å². The number of ether oxygens (including phenoxy) is 3. The minimum Gasteiger partial charge on any atom is -0.496 e. The molecule has 1 aromatic heterocycles. The van der Waals surface area contributed by atoms with Crippen molar-refractivity contribution in [3.8, 4) is 17.2 Å². The van der Waals surface area contributed by atoms with E-state index in [4.69, 9.17) is 14.2 Å². The molecule has 0 radical (unpaired) electrons. The summed E-state index contributed by atoms with van der Waals surface area (Å²) in [6.45, 7) is 2.77. The Morgan fingerprint density at radius 1 is 1.04 bits per heavy atom. The van der Waals surface area contributed by atoms with Crippen molar-refractivity contribution >= 4 is 0 Å². The highest BCUT2D eigenvalue weighted by Crippen LogP contribution is 2.45. The van der Waals surface area contributed by atoms with Gasteiger partial charge in [0.05, 0.1) is 27.0 Å². The van der Waals surface area contributed by atoms with Crippen molar-refractivity contribution in [3.63, 3.8) is 0 Å². The molecule has 4 rings (SSSR count). The minimum atomic E-state index is 0.377. The van der Waals surface area contributed by atoms with Crippen LogP contribution in [0.5, 0.6) is 17.2 Å². The number of hydrogen-bond acceptors (Lipinski definition) is 6. The van der Waals surface area contributed by atoms with Crippen LogP contribution in [0.3, 0.4) is 0 Å². The summed E-state index contributed by atoms with van der Waals surface area (Å²) < 4.78 is 16.5. The fourth-order valence-corrected chi connectivity index (χ4v) is 4.33. The summed E-state index contributed by atoms with van der Waals surface area (Å²) in [6.07, 6.45) is 5.35. The van der Waals surface area contributed by atoms with E-state index in [0.29, 0.717) is 17.8 Å². The fraction of sp³-hybridized carbons (Fsp3) is 0.500. The van der Waals surface area contributed by atoms with Gasteiger partial charge >= 0.3 is 0 Å². The van der Waals surface area contributed by atoms with E-state index in [-0.39, 0.29) is 0 Å². The molecule has 0 aliphatic carbocycles. The molecular weight excluding hydrogens is 330 g/mol. The minimum absolute atomic E-state index is 0.377. The highest BCUT2D eigenvalue weighted by molar-refractivity contribution is 5.51. The van der Waals surface area contributed by atoms with Crippen molar-refractivity contribution in [1.82, 2.24) is 14.9 Å². The molecule has 2 bridgehead atoms. The van der Waals surface area contributed by atoms with E-state index in [1.807, 2.05) is 25.3 Å². The van der Waals surface area contributed by atoms with Gasteiger partial charge in [-0.1, -0.05) is 0 Å². The largest absolute Gasteiger partial charge is 0.496 e. The van der Waals surface area contributed by atoms with Gasteiger partial charge in [0.1, 0.15) is 11.6 Å². The summed E-state index contributed by atoms with van der Waals surface area (Å²) in [5, 5.41) is 0. The lowest BCUT2D eigenvalue weighted by molar-refractivity contribution is 0.164. The van der Waals surface area contributed by atoms with Crippen LogP contribution in [0, 0.1) is 6.92 Å². The molecule has 0 saturated carbocycles. The van der Waals surface area contributed by atoms with Gasteiger partial charge in [0.25, 0.3) is 0 Å². The van der Waals surface area contributed by atoms with Crippen molar-refractivity contribution in [1.29, 1.82) is 0 Å². The summed E-state index contributed by atoms with van der Waals surface area (Å²) in [7, 11) is 5.00. The Morgan fingerprint density at radius 3 is 2.50 bits per heavy atom. The molecule has 138 valence electrons. The van der Waals surface area contributed by atoms with E-state index in [1.165, 1.54) is 17.7 Å². The summed E-state index contributed by atoms with van der Waals surface area (Å²) >= 11 is 0. The van der Waals surface area contributed by atoms with E-state index in [2.05, 4.69) is 14.9 Å². The highest BCUT2D eigenvalue weighted by atomic mass is 16.5. The second kappa shape index (κ2) is 6.76. The third kappa shape index (κ3) is 2.78. The van der Waals surface area contributed by atoms with E-state index in [0.717, 1.165) is 42.3 Å². The zero-order valence-corrected chi connectivity index (χ0v) is 15.8. The molecule has 2 aliphatic heterocycles. The first-order valence-electron chi connectivity index (χ1n) is 9.01. The second-order valence-electron chi connectivity index (χ2n) is 6.96. The van der Waals surface area contributed by atoms with Crippen LogP contribution in [0.2, 0.25) is 0 Å². The predicted molar refractivity (Wildman–Crippen MR) is 97.9 cm³/mol. The maximum atomic E-state index is 5.62. The van der Waals surface area contributed by atoms with E-state index >= 15 is 0 Å². The highest BCUT2D eigenvalue weighted by Gasteiger charge is 2.41. The number of fused-ring (bicyclic) bond motifs is 4. The van der Waals surface area contributed by atoms with Gasteiger partial charge in [0, 0.05) is 48.4 Å². The SMILES string of the molecule is COc1cc(OC)c(OC)cc1CN1C2CCC1c1cnc(C)nc1C2. The second-order valence-corrected chi connectivity index (χ2v) is 6.96. The van der Waals surface area contributed by atoms with Gasteiger partial charge in [-0.2, -0.15) is 0 Å². The van der Waals surface area contributed by atoms with Gasteiger partial charge in [-0.15, -0.1) is 0 Å². The van der Waals surface area contributed by atoms with Gasteiger partial charge in [0.2, 0.25) is 0 Å². The molecule has 2 atom stereocenters. The molecule has 2 aliphatic rings. The number of aryl methyl sites for hydroxylation is 1. The van der Waals surface area contributed by atoms with Crippen molar-refractivity contribution in [2.45, 2.75) is 44.8 Å². The standard InChI is InChI=1S/C20H25N3O3/c1-12-21-10-15-16(22-12)8-14-5-6-17(15)23(14)11-13-7-19(25-3)20(26-4)9-18(13)24-2/h7,9-10,14,17H,5-6,8,11H2,1-4H3. The Morgan fingerprint density at radius 2 is 1.77 bits per heavy atom. The van der Waals surface area contributed by atoms with Crippen LogP contribution in [0.4, 0.5) is 0 Å². The molecule has 6 heteroatoms. The molecule has 2 unspecified atom stereocenters. The molecular formula is C20H25N3O3. The number of aromatic nitrogens is 2. The third-order valence-corrected chi connectivity index (χ3v) is 5.59. The van der Waals surface area contributed by atoms with Crippen LogP contribution >= 0.6 is 0 Å². The van der Waals surface area contributed by atoms with Crippen molar-refractivity contribution < 1.29 is 14.2 Å². The lowest BCUT2D eigenvalue weighted by Crippen LogP contribution is -2.37. The van der Waals surface area contributed by atoms with E-state index < -0.39 is 0 Å². The topological polar surface area (TPSA) is 56.7 Å². The van der Waals surface area contributed by atoms with Crippen LogP contribution in [-0.4, -0.2) is 42.2 Å². The quantitative estimate of drug-likeness (QED) is 0.822. The number of nitrogens with zero attached hydrogens (tertiary/aromatic N) is 3. The summed E-state index contributed by atoms with van der Waals surface area (Å²) in [5.74, 6) is 3.10. The van der Waals surface area contributed by atoms with Gasteiger partial charge in [-0.3, -0.25) is 4.90 Å². The van der Waals surface area contributed by atoms with Gasteiger partial charge in [-0.25, -0.2) is 9.97 Å². The summed E-state index contributed by atoms with van der Waals surface area (Å²) in [6, 6.07) is 4.82. The molecule has 0 spiro atoms. The number of benzene rings is 1. The monoisotopic (exact) mass is 355 g/mol. The van der Waals surface area contributed by atoms with Crippen molar-refractivity contribution in [2.75, 3.05) is 21.3 Å². The lowest BCUT2D eigenvalue weighted by atomic mass is 9.98. The summed E-state index contributed by atoms with van der Waals surface area (Å²) in [5.41, 5.74) is 3.61. The van der Waals surface area contributed by atoms with Gasteiger partial charge in [-0.05, 0) is 25.8 Å². The Balaban J connectivity index is 1.67. The third-order valence-electron chi connectivity index (χ3n) is 5.59. The molecule has 1 fully saturated rings. The predicted octanol–water partition coefficient (Wildman–Crippen LogP) is 3.07. The normalized spacial score (nSPS) is 21.4. The maximum Gasteiger partial charge on any atom is 0.164 e. The first-order chi connectivity index (χ1) is 12.6. The van der Waals surface area contributed by atoms with Gasteiger partial charge < -0.3 is 14.2 Å². The molecule has 3 heterocycles. The Bertz CT molecular complexity index is 824. The molecule has 0 N–H and O–H groups in total. The average molecular weight is 355 g/mol. The zero-order valence-electron chi connectivity index (χ0n) is 15.8. The zero-order chi connectivity index (χ0) is 18.3. The molecule has 1 aromatic carbocycles. The molecule has 26 heavy (non-hydrogen) atoms. The Hall–Kier alpha value is -2.34. The molecule has 0 amide bonds. The first kappa shape index (κ1) is 17.1. The molecule has 6 nitrogen and oxygen atoms in total. The maximum absolute atomic E-state index is 5.62. The fourth-order valence-electron chi connectivity index (χ4n) is 4.33. The van der Waals surface area contributed by atoms with Gasteiger partial charge in [0.15, 0.2) is 11.5 Å². The number of hydrogen-bond donors (Lipinski definition) is 0.